The van der Waals surface area contributed by atoms with E-state index in [0.717, 1.165) is 13.1 Å². The summed E-state index contributed by atoms with van der Waals surface area (Å²) in [6, 6.07) is 0. The summed E-state index contributed by atoms with van der Waals surface area (Å²) in [5.41, 5.74) is 2.95. The summed E-state index contributed by atoms with van der Waals surface area (Å²) >= 11 is 0. The highest BCUT2D eigenvalue weighted by molar-refractivity contribution is 5.02. The fraction of sp³-hybridized carbons (Fsp3) is 0.684. The van der Waals surface area contributed by atoms with Crippen LogP contribution in [0, 0.1) is 5.92 Å². The lowest BCUT2D eigenvalue weighted by Gasteiger charge is -2.15. The fourth-order valence-electron chi connectivity index (χ4n) is 2.08. The minimum absolute atomic E-state index is 0.664. The van der Waals surface area contributed by atoms with Crippen molar-refractivity contribution in [2.75, 3.05) is 13.1 Å². The van der Waals surface area contributed by atoms with Crippen LogP contribution in [-0.4, -0.2) is 18.0 Å². The first-order chi connectivity index (χ1) is 9.49. The summed E-state index contributed by atoms with van der Waals surface area (Å²) in [7, 11) is 0. The standard InChI is InChI=1S/C19H35N/c1-7-20(8-2)16-15-19(6)14-10-13-18(5)12-9-11-17(3)4/h11,13,15-16,19H,7-10,12,14H2,1-6H3/b16-15+,18-13+/t19-/m1/s1. The van der Waals surface area contributed by atoms with Crippen molar-refractivity contribution in [2.45, 2.75) is 67.2 Å². The summed E-state index contributed by atoms with van der Waals surface area (Å²) < 4.78 is 0. The molecular weight excluding hydrogens is 242 g/mol. The van der Waals surface area contributed by atoms with Gasteiger partial charge in [0, 0.05) is 13.1 Å². The molecule has 20 heavy (non-hydrogen) atoms. The lowest BCUT2D eigenvalue weighted by atomic mass is 10.0. The van der Waals surface area contributed by atoms with Crippen LogP contribution in [0.1, 0.15) is 67.2 Å². The molecule has 0 unspecified atom stereocenters. The monoisotopic (exact) mass is 277 g/mol. The van der Waals surface area contributed by atoms with E-state index < -0.39 is 0 Å². The number of nitrogens with zero attached hydrogens (tertiary/aromatic N) is 1. The zero-order valence-electron chi connectivity index (χ0n) is 14.6. The van der Waals surface area contributed by atoms with E-state index >= 15 is 0 Å². The second-order valence-corrected chi connectivity index (χ2v) is 5.99. The topological polar surface area (TPSA) is 3.24 Å². The number of hydrogen-bond donors (Lipinski definition) is 0. The predicted molar refractivity (Wildman–Crippen MR) is 92.9 cm³/mol. The molecule has 1 atom stereocenters. The molecule has 0 saturated carbocycles. The molecule has 0 aromatic rings. The van der Waals surface area contributed by atoms with Crippen LogP contribution in [0.4, 0.5) is 0 Å². The molecule has 116 valence electrons. The van der Waals surface area contributed by atoms with Crippen molar-refractivity contribution in [2.24, 2.45) is 5.92 Å². The third kappa shape index (κ3) is 10.9. The van der Waals surface area contributed by atoms with Crippen LogP contribution in [0.15, 0.2) is 35.6 Å². The first kappa shape index (κ1) is 19.0. The molecule has 0 heterocycles. The van der Waals surface area contributed by atoms with Crippen molar-refractivity contribution in [1.82, 2.24) is 4.90 Å². The van der Waals surface area contributed by atoms with E-state index in [1.165, 1.54) is 36.8 Å². The number of allylic oxidation sites excluding steroid dienone is 5. The number of rotatable bonds is 10. The fourth-order valence-corrected chi connectivity index (χ4v) is 2.08. The molecule has 1 nitrogen and oxygen atoms in total. The van der Waals surface area contributed by atoms with Gasteiger partial charge < -0.3 is 4.90 Å². The third-order valence-corrected chi connectivity index (χ3v) is 3.64. The first-order valence-electron chi connectivity index (χ1n) is 8.20. The maximum atomic E-state index is 2.42. The Morgan fingerprint density at radius 1 is 1.00 bits per heavy atom. The average Bonchev–Trinajstić information content (AvgIpc) is 2.39. The summed E-state index contributed by atoms with van der Waals surface area (Å²) in [6.45, 7) is 15.5. The highest BCUT2D eigenvalue weighted by atomic mass is 15.1. The molecule has 0 amide bonds. The van der Waals surface area contributed by atoms with Gasteiger partial charge in [0.05, 0.1) is 0 Å². The van der Waals surface area contributed by atoms with Gasteiger partial charge in [-0.1, -0.05) is 36.3 Å². The Morgan fingerprint density at radius 3 is 2.20 bits per heavy atom. The highest BCUT2D eigenvalue weighted by Gasteiger charge is 1.97. The molecule has 0 N–H and O–H groups in total. The largest absolute Gasteiger partial charge is 0.378 e. The molecular formula is C19H35N. The van der Waals surface area contributed by atoms with E-state index in [-0.39, 0.29) is 0 Å². The maximum absolute atomic E-state index is 2.42. The molecule has 1 heteroatoms. The van der Waals surface area contributed by atoms with E-state index in [2.05, 4.69) is 70.9 Å². The summed E-state index contributed by atoms with van der Waals surface area (Å²) in [5, 5.41) is 0. The Bertz CT molecular complexity index is 315. The highest BCUT2D eigenvalue weighted by Crippen LogP contribution is 2.12. The molecule has 0 aliphatic heterocycles. The molecule has 0 aromatic carbocycles. The van der Waals surface area contributed by atoms with Crippen LogP contribution >= 0.6 is 0 Å². The first-order valence-corrected chi connectivity index (χ1v) is 8.20. The maximum Gasteiger partial charge on any atom is 0.0143 e. The molecule has 0 spiro atoms. The van der Waals surface area contributed by atoms with Crippen LogP contribution < -0.4 is 0 Å². The van der Waals surface area contributed by atoms with E-state index in [4.69, 9.17) is 0 Å². The van der Waals surface area contributed by atoms with E-state index in [0.29, 0.717) is 5.92 Å². The summed E-state index contributed by atoms with van der Waals surface area (Å²) in [5.74, 6) is 0.664. The van der Waals surface area contributed by atoms with Gasteiger partial charge in [0.2, 0.25) is 0 Å². The Labute approximate surface area is 127 Å². The summed E-state index contributed by atoms with van der Waals surface area (Å²) in [6.07, 6.45) is 14.2. The SMILES string of the molecule is CCN(/C=C/[C@H](C)CC/C=C(\C)CCC=C(C)C)CC. The quantitative estimate of drug-likeness (QED) is 0.446. The van der Waals surface area contributed by atoms with Crippen molar-refractivity contribution >= 4 is 0 Å². The van der Waals surface area contributed by atoms with Crippen LogP contribution in [0.3, 0.4) is 0 Å². The van der Waals surface area contributed by atoms with Crippen LogP contribution in [0.25, 0.3) is 0 Å². The van der Waals surface area contributed by atoms with Crippen molar-refractivity contribution in [1.29, 1.82) is 0 Å². The Balaban J connectivity index is 3.94. The van der Waals surface area contributed by atoms with Gasteiger partial charge in [0.25, 0.3) is 0 Å². The minimum atomic E-state index is 0.664. The molecule has 0 rings (SSSR count). The van der Waals surface area contributed by atoms with Gasteiger partial charge in [-0.2, -0.15) is 0 Å². The van der Waals surface area contributed by atoms with Gasteiger partial charge >= 0.3 is 0 Å². The van der Waals surface area contributed by atoms with Gasteiger partial charge in [-0.3, -0.25) is 0 Å². The normalized spacial score (nSPS) is 13.6. The van der Waals surface area contributed by atoms with Crippen molar-refractivity contribution < 1.29 is 0 Å². The number of hydrogen-bond acceptors (Lipinski definition) is 1. The molecule has 0 saturated heterocycles. The van der Waals surface area contributed by atoms with Crippen LogP contribution in [0.5, 0.6) is 0 Å². The third-order valence-electron chi connectivity index (χ3n) is 3.64. The lowest BCUT2D eigenvalue weighted by molar-refractivity contribution is 0.414. The Morgan fingerprint density at radius 2 is 1.65 bits per heavy atom. The van der Waals surface area contributed by atoms with E-state index in [9.17, 15) is 0 Å². The summed E-state index contributed by atoms with van der Waals surface area (Å²) in [4.78, 5) is 2.34. The lowest BCUT2D eigenvalue weighted by Crippen LogP contribution is -2.15. The molecule has 0 aliphatic carbocycles. The molecule has 0 radical (unpaired) electrons. The van der Waals surface area contributed by atoms with Crippen LogP contribution in [0.2, 0.25) is 0 Å². The van der Waals surface area contributed by atoms with Crippen molar-refractivity contribution in [3.63, 3.8) is 0 Å². The predicted octanol–water partition coefficient (Wildman–Crippen LogP) is 5.95. The molecule has 0 aliphatic rings. The average molecular weight is 277 g/mol. The molecule has 0 aromatic heterocycles. The molecule has 0 fully saturated rings. The van der Waals surface area contributed by atoms with Gasteiger partial charge in [0.1, 0.15) is 0 Å². The van der Waals surface area contributed by atoms with Gasteiger partial charge in [-0.05, 0) is 72.4 Å². The zero-order chi connectivity index (χ0) is 15.4. The van der Waals surface area contributed by atoms with E-state index in [1.54, 1.807) is 0 Å². The second-order valence-electron chi connectivity index (χ2n) is 5.99. The van der Waals surface area contributed by atoms with Crippen LogP contribution in [-0.2, 0) is 0 Å². The second kappa shape index (κ2) is 11.8. The van der Waals surface area contributed by atoms with Crippen molar-refractivity contribution in [3.05, 3.63) is 35.6 Å². The Hall–Kier alpha value is -0.980. The van der Waals surface area contributed by atoms with Gasteiger partial charge in [-0.15, -0.1) is 0 Å². The Kier molecular flexibility index (Phi) is 11.2. The van der Waals surface area contributed by atoms with Gasteiger partial charge in [-0.25, -0.2) is 0 Å². The minimum Gasteiger partial charge on any atom is -0.378 e. The van der Waals surface area contributed by atoms with Gasteiger partial charge in [0.15, 0.2) is 0 Å². The van der Waals surface area contributed by atoms with Crippen molar-refractivity contribution in [3.8, 4) is 0 Å². The van der Waals surface area contributed by atoms with E-state index in [1.807, 2.05) is 0 Å². The zero-order valence-corrected chi connectivity index (χ0v) is 14.6. The smallest absolute Gasteiger partial charge is 0.0143 e. The molecule has 0 bridgehead atoms.